The van der Waals surface area contributed by atoms with E-state index in [0.717, 1.165) is 55.8 Å². The summed E-state index contributed by atoms with van der Waals surface area (Å²) in [5.74, 6) is 0.910. The van der Waals surface area contributed by atoms with Crippen LogP contribution in [0.2, 0.25) is 0 Å². The van der Waals surface area contributed by atoms with E-state index in [1.807, 2.05) is 29.2 Å². The van der Waals surface area contributed by atoms with Gasteiger partial charge in [-0.2, -0.15) is 0 Å². The Morgan fingerprint density at radius 2 is 2.21 bits per heavy atom. The van der Waals surface area contributed by atoms with Crippen molar-refractivity contribution in [3.63, 3.8) is 0 Å². The summed E-state index contributed by atoms with van der Waals surface area (Å²) in [5.41, 5.74) is 1.69. The van der Waals surface area contributed by atoms with Crippen molar-refractivity contribution in [2.75, 3.05) is 26.2 Å². The zero-order valence-electron chi connectivity index (χ0n) is 13.7. The van der Waals surface area contributed by atoms with E-state index in [9.17, 15) is 4.79 Å². The monoisotopic (exact) mass is 329 g/mol. The minimum absolute atomic E-state index is 0.00805. The molecule has 6 nitrogen and oxygen atoms in total. The number of benzene rings is 1. The highest BCUT2D eigenvalue weighted by molar-refractivity contribution is 5.74. The number of hydrogen-bond acceptors (Lipinski definition) is 4. The van der Waals surface area contributed by atoms with Gasteiger partial charge in [0.15, 0.2) is 11.5 Å². The van der Waals surface area contributed by atoms with E-state index in [2.05, 4.69) is 10.3 Å². The fraction of sp³-hybridized carbons (Fsp3) is 0.556. The number of rotatable bonds is 3. The van der Waals surface area contributed by atoms with Crippen molar-refractivity contribution in [2.45, 2.75) is 37.7 Å². The second-order valence-corrected chi connectivity index (χ2v) is 6.63. The van der Waals surface area contributed by atoms with Crippen LogP contribution >= 0.6 is 0 Å². The predicted octanol–water partition coefficient (Wildman–Crippen LogP) is 2.90. The first kappa shape index (κ1) is 15.4. The summed E-state index contributed by atoms with van der Waals surface area (Å²) < 4.78 is 11.4. The minimum Gasteiger partial charge on any atom is -0.440 e. The molecule has 2 saturated heterocycles. The van der Waals surface area contributed by atoms with Gasteiger partial charge in [0.05, 0.1) is 12.0 Å². The Balaban J connectivity index is 1.38. The number of aromatic nitrogens is 1. The number of nitrogens with zero attached hydrogens (tertiary/aromatic N) is 2. The zero-order chi connectivity index (χ0) is 16.4. The van der Waals surface area contributed by atoms with Crippen LogP contribution in [0.25, 0.3) is 11.1 Å². The standard InChI is InChI=1S/C18H23N3O3/c22-18(19-11-14-6-4-10-23-14)21-9-3-5-13(12-21)17-20-15-7-1-2-8-16(15)24-17/h1-2,7-8,13-14H,3-6,9-12H2,(H,19,22). The molecule has 2 unspecified atom stereocenters. The number of amides is 2. The van der Waals surface area contributed by atoms with E-state index < -0.39 is 0 Å². The first-order valence-electron chi connectivity index (χ1n) is 8.79. The molecule has 1 aromatic heterocycles. The molecule has 2 aliphatic rings. The second-order valence-electron chi connectivity index (χ2n) is 6.63. The van der Waals surface area contributed by atoms with Gasteiger partial charge >= 0.3 is 6.03 Å². The fourth-order valence-electron chi connectivity index (χ4n) is 3.55. The van der Waals surface area contributed by atoms with Crippen molar-refractivity contribution in [1.82, 2.24) is 15.2 Å². The van der Waals surface area contributed by atoms with Crippen LogP contribution in [0.4, 0.5) is 4.79 Å². The average Bonchev–Trinajstić information content (AvgIpc) is 3.29. The molecule has 2 atom stereocenters. The molecule has 2 fully saturated rings. The number of piperidine rings is 1. The molecule has 2 aliphatic heterocycles. The largest absolute Gasteiger partial charge is 0.440 e. The van der Waals surface area contributed by atoms with E-state index >= 15 is 0 Å². The van der Waals surface area contributed by atoms with Gasteiger partial charge in [-0.25, -0.2) is 9.78 Å². The number of oxazole rings is 1. The summed E-state index contributed by atoms with van der Waals surface area (Å²) in [6.45, 7) is 2.85. The average molecular weight is 329 g/mol. The molecule has 24 heavy (non-hydrogen) atoms. The highest BCUT2D eigenvalue weighted by atomic mass is 16.5. The Morgan fingerprint density at radius 1 is 1.29 bits per heavy atom. The third-order valence-corrected chi connectivity index (χ3v) is 4.87. The van der Waals surface area contributed by atoms with Crippen molar-refractivity contribution in [3.8, 4) is 0 Å². The number of ether oxygens (including phenoxy) is 1. The van der Waals surface area contributed by atoms with E-state index in [0.29, 0.717) is 13.1 Å². The smallest absolute Gasteiger partial charge is 0.317 e. The van der Waals surface area contributed by atoms with E-state index in [1.165, 1.54) is 0 Å². The van der Waals surface area contributed by atoms with Crippen LogP contribution < -0.4 is 5.32 Å². The van der Waals surface area contributed by atoms with Gasteiger partial charge < -0.3 is 19.4 Å². The summed E-state index contributed by atoms with van der Waals surface area (Å²) in [6, 6.07) is 7.78. The maximum Gasteiger partial charge on any atom is 0.317 e. The van der Waals surface area contributed by atoms with Gasteiger partial charge in [-0.3, -0.25) is 0 Å². The number of para-hydroxylation sites is 2. The summed E-state index contributed by atoms with van der Waals surface area (Å²) in [7, 11) is 0. The molecule has 4 rings (SSSR count). The second kappa shape index (κ2) is 6.81. The lowest BCUT2D eigenvalue weighted by Gasteiger charge is -2.31. The minimum atomic E-state index is -0.00805. The van der Waals surface area contributed by atoms with E-state index in [1.54, 1.807) is 0 Å². The van der Waals surface area contributed by atoms with Crippen molar-refractivity contribution in [3.05, 3.63) is 30.2 Å². The number of carbonyl (C=O) groups is 1. The highest BCUT2D eigenvalue weighted by Crippen LogP contribution is 2.29. The van der Waals surface area contributed by atoms with Crippen LogP contribution in [0.15, 0.2) is 28.7 Å². The van der Waals surface area contributed by atoms with Gasteiger partial charge in [0, 0.05) is 26.2 Å². The van der Waals surface area contributed by atoms with Crippen LogP contribution in [0, 0.1) is 0 Å². The summed E-state index contributed by atoms with van der Waals surface area (Å²) in [6.07, 6.45) is 4.26. The molecule has 2 amide bonds. The molecule has 0 saturated carbocycles. The van der Waals surface area contributed by atoms with Gasteiger partial charge in [0.1, 0.15) is 5.52 Å². The van der Waals surface area contributed by atoms with Gasteiger partial charge in [0.25, 0.3) is 0 Å². The molecular weight excluding hydrogens is 306 g/mol. The number of likely N-dealkylation sites (tertiary alicyclic amines) is 1. The Kier molecular flexibility index (Phi) is 4.38. The number of nitrogens with one attached hydrogen (secondary N) is 1. The van der Waals surface area contributed by atoms with Crippen molar-refractivity contribution >= 4 is 17.1 Å². The maximum atomic E-state index is 12.4. The molecule has 0 radical (unpaired) electrons. The Labute approximate surface area is 141 Å². The van der Waals surface area contributed by atoms with Gasteiger partial charge in [-0.05, 0) is 37.8 Å². The Bertz CT molecular complexity index is 675. The summed E-state index contributed by atoms with van der Waals surface area (Å²) >= 11 is 0. The molecule has 2 aromatic rings. The first-order chi connectivity index (χ1) is 11.8. The third kappa shape index (κ3) is 3.24. The number of fused-ring (bicyclic) bond motifs is 1. The number of urea groups is 1. The molecule has 1 aromatic carbocycles. The fourth-order valence-corrected chi connectivity index (χ4v) is 3.55. The molecular formula is C18H23N3O3. The lowest BCUT2D eigenvalue weighted by Crippen LogP contribution is -2.46. The SMILES string of the molecule is O=C(NCC1CCCO1)N1CCCC(c2nc3ccccc3o2)C1. The lowest BCUT2D eigenvalue weighted by atomic mass is 9.98. The maximum absolute atomic E-state index is 12.4. The highest BCUT2D eigenvalue weighted by Gasteiger charge is 2.28. The lowest BCUT2D eigenvalue weighted by molar-refractivity contribution is 0.107. The first-order valence-corrected chi connectivity index (χ1v) is 8.79. The molecule has 3 heterocycles. The van der Waals surface area contributed by atoms with Crippen molar-refractivity contribution < 1.29 is 13.9 Å². The summed E-state index contributed by atoms with van der Waals surface area (Å²) in [5, 5.41) is 3.00. The molecule has 6 heteroatoms. The molecule has 0 aliphatic carbocycles. The molecule has 0 bridgehead atoms. The van der Waals surface area contributed by atoms with Crippen LogP contribution in [-0.2, 0) is 4.74 Å². The predicted molar refractivity (Wildman–Crippen MR) is 89.9 cm³/mol. The van der Waals surface area contributed by atoms with Crippen molar-refractivity contribution in [2.24, 2.45) is 0 Å². The van der Waals surface area contributed by atoms with Gasteiger partial charge in [-0.15, -0.1) is 0 Å². The summed E-state index contributed by atoms with van der Waals surface area (Å²) in [4.78, 5) is 18.9. The molecule has 128 valence electrons. The molecule has 0 spiro atoms. The number of carbonyl (C=O) groups excluding carboxylic acids is 1. The van der Waals surface area contributed by atoms with Crippen molar-refractivity contribution in [1.29, 1.82) is 0 Å². The number of hydrogen-bond donors (Lipinski definition) is 1. The van der Waals surface area contributed by atoms with Crippen LogP contribution in [0.1, 0.15) is 37.5 Å². The van der Waals surface area contributed by atoms with Crippen LogP contribution in [0.5, 0.6) is 0 Å². The van der Waals surface area contributed by atoms with E-state index in [-0.39, 0.29) is 18.1 Å². The third-order valence-electron chi connectivity index (χ3n) is 4.87. The normalized spacial score (nSPS) is 24.4. The van der Waals surface area contributed by atoms with Crippen LogP contribution in [0.3, 0.4) is 0 Å². The van der Waals surface area contributed by atoms with E-state index in [4.69, 9.17) is 9.15 Å². The quantitative estimate of drug-likeness (QED) is 0.940. The van der Waals surface area contributed by atoms with Gasteiger partial charge in [-0.1, -0.05) is 12.1 Å². The van der Waals surface area contributed by atoms with Crippen LogP contribution in [-0.4, -0.2) is 48.3 Å². The van der Waals surface area contributed by atoms with Gasteiger partial charge in [0.2, 0.25) is 0 Å². The Morgan fingerprint density at radius 3 is 3.04 bits per heavy atom. The zero-order valence-corrected chi connectivity index (χ0v) is 13.7. The topological polar surface area (TPSA) is 67.6 Å². The molecule has 1 N–H and O–H groups in total. The Hall–Kier alpha value is -2.08.